The lowest BCUT2D eigenvalue weighted by molar-refractivity contribution is 0.207. The van der Waals surface area contributed by atoms with Crippen molar-refractivity contribution in [2.45, 2.75) is 31.3 Å². The van der Waals surface area contributed by atoms with E-state index in [-0.39, 0.29) is 6.10 Å². The van der Waals surface area contributed by atoms with E-state index in [1.807, 2.05) is 38.1 Å². The predicted molar refractivity (Wildman–Crippen MR) is 87.9 cm³/mol. The van der Waals surface area contributed by atoms with Gasteiger partial charge in [-0.3, -0.25) is 0 Å². The van der Waals surface area contributed by atoms with Crippen molar-refractivity contribution in [3.8, 4) is 5.88 Å². The highest BCUT2D eigenvalue weighted by Crippen LogP contribution is 2.26. The summed E-state index contributed by atoms with van der Waals surface area (Å²) in [5.41, 5.74) is 1.71. The van der Waals surface area contributed by atoms with Crippen LogP contribution in [0.5, 0.6) is 5.88 Å². The Bertz CT molecular complexity index is 791. The van der Waals surface area contributed by atoms with Crippen molar-refractivity contribution in [2.24, 2.45) is 0 Å². The first-order chi connectivity index (χ1) is 11.0. The van der Waals surface area contributed by atoms with Gasteiger partial charge < -0.3 is 4.74 Å². The van der Waals surface area contributed by atoms with Crippen LogP contribution in [0.3, 0.4) is 0 Å². The van der Waals surface area contributed by atoms with Crippen molar-refractivity contribution in [3.63, 3.8) is 0 Å². The second kappa shape index (κ2) is 6.29. The summed E-state index contributed by atoms with van der Waals surface area (Å²) in [6, 6.07) is 11.0. The standard InChI is InChI=1S/C17H20N2O3S/c1-13-6-7-14(2)16(11-13)23(20,21)19-10-8-15(12-19)22-17-5-3-4-9-18-17/h3-7,9,11,15H,8,10,12H2,1-2H3. The molecule has 1 aliphatic rings. The fraction of sp³-hybridized carbons (Fsp3) is 0.353. The summed E-state index contributed by atoms with van der Waals surface area (Å²) in [4.78, 5) is 4.51. The number of hydrogen-bond donors (Lipinski definition) is 0. The van der Waals surface area contributed by atoms with Crippen molar-refractivity contribution < 1.29 is 13.2 Å². The summed E-state index contributed by atoms with van der Waals surface area (Å²) < 4.78 is 33.0. The number of rotatable bonds is 4. The average Bonchev–Trinajstić information content (AvgIpc) is 3.00. The van der Waals surface area contributed by atoms with Gasteiger partial charge in [-0.05, 0) is 43.5 Å². The molecule has 1 saturated heterocycles. The molecule has 1 aromatic carbocycles. The van der Waals surface area contributed by atoms with Gasteiger partial charge in [0.05, 0.1) is 11.4 Å². The Morgan fingerprint density at radius 1 is 1.22 bits per heavy atom. The van der Waals surface area contributed by atoms with E-state index in [2.05, 4.69) is 4.98 Å². The van der Waals surface area contributed by atoms with Crippen LogP contribution in [0.4, 0.5) is 0 Å². The summed E-state index contributed by atoms with van der Waals surface area (Å²) in [6.07, 6.45) is 2.17. The number of ether oxygens (including phenoxy) is 1. The van der Waals surface area contributed by atoms with Gasteiger partial charge in [-0.15, -0.1) is 0 Å². The molecule has 5 nitrogen and oxygen atoms in total. The molecule has 3 rings (SSSR count). The van der Waals surface area contributed by atoms with Gasteiger partial charge >= 0.3 is 0 Å². The quantitative estimate of drug-likeness (QED) is 0.863. The first-order valence-electron chi connectivity index (χ1n) is 7.62. The van der Waals surface area contributed by atoms with Gasteiger partial charge in [-0.25, -0.2) is 13.4 Å². The van der Waals surface area contributed by atoms with E-state index in [1.54, 1.807) is 18.3 Å². The Morgan fingerprint density at radius 2 is 2.04 bits per heavy atom. The first-order valence-corrected chi connectivity index (χ1v) is 9.06. The van der Waals surface area contributed by atoms with E-state index >= 15 is 0 Å². The highest BCUT2D eigenvalue weighted by molar-refractivity contribution is 7.89. The maximum absolute atomic E-state index is 12.9. The number of benzene rings is 1. The minimum absolute atomic E-state index is 0.162. The van der Waals surface area contributed by atoms with Gasteiger partial charge in [-0.1, -0.05) is 18.2 Å². The molecule has 23 heavy (non-hydrogen) atoms. The van der Waals surface area contributed by atoms with Crippen LogP contribution in [0.2, 0.25) is 0 Å². The molecule has 0 bridgehead atoms. The van der Waals surface area contributed by atoms with E-state index in [1.165, 1.54) is 4.31 Å². The summed E-state index contributed by atoms with van der Waals surface area (Å²) in [7, 11) is -3.48. The molecule has 1 aliphatic heterocycles. The monoisotopic (exact) mass is 332 g/mol. The van der Waals surface area contributed by atoms with E-state index in [9.17, 15) is 8.42 Å². The minimum Gasteiger partial charge on any atom is -0.473 e. The Kier molecular flexibility index (Phi) is 4.37. The van der Waals surface area contributed by atoms with Crippen LogP contribution < -0.4 is 4.74 Å². The molecule has 1 atom stereocenters. The fourth-order valence-corrected chi connectivity index (χ4v) is 4.52. The number of sulfonamides is 1. The molecule has 1 aromatic heterocycles. The largest absolute Gasteiger partial charge is 0.473 e. The van der Waals surface area contributed by atoms with Crippen molar-refractivity contribution in [3.05, 3.63) is 53.7 Å². The second-order valence-corrected chi connectivity index (χ2v) is 7.73. The van der Waals surface area contributed by atoms with Gasteiger partial charge in [0.15, 0.2) is 0 Å². The third-order valence-corrected chi connectivity index (χ3v) is 6.00. The van der Waals surface area contributed by atoms with E-state index in [0.717, 1.165) is 11.1 Å². The zero-order valence-corrected chi connectivity index (χ0v) is 14.1. The van der Waals surface area contributed by atoms with Gasteiger partial charge in [-0.2, -0.15) is 4.31 Å². The van der Waals surface area contributed by atoms with Crippen molar-refractivity contribution in [1.29, 1.82) is 0 Å². The molecule has 0 amide bonds. The third-order valence-electron chi connectivity index (χ3n) is 3.99. The van der Waals surface area contributed by atoms with Crippen LogP contribution in [0.1, 0.15) is 17.5 Å². The molecule has 1 fully saturated rings. The maximum atomic E-state index is 12.9. The van der Waals surface area contributed by atoms with Crippen molar-refractivity contribution >= 4 is 10.0 Å². The van der Waals surface area contributed by atoms with Crippen LogP contribution >= 0.6 is 0 Å². The number of nitrogens with zero attached hydrogens (tertiary/aromatic N) is 2. The zero-order chi connectivity index (χ0) is 16.4. The van der Waals surface area contributed by atoms with Crippen molar-refractivity contribution in [2.75, 3.05) is 13.1 Å². The number of hydrogen-bond acceptors (Lipinski definition) is 4. The van der Waals surface area contributed by atoms with Gasteiger partial charge in [0, 0.05) is 18.8 Å². The lowest BCUT2D eigenvalue weighted by atomic mass is 10.2. The van der Waals surface area contributed by atoms with Crippen LogP contribution in [-0.4, -0.2) is 36.9 Å². The smallest absolute Gasteiger partial charge is 0.243 e. The normalized spacial score (nSPS) is 19.0. The van der Waals surface area contributed by atoms with Crippen LogP contribution in [-0.2, 0) is 10.0 Å². The summed E-state index contributed by atoms with van der Waals surface area (Å²) in [5, 5.41) is 0. The Hall–Kier alpha value is -1.92. The van der Waals surface area contributed by atoms with Crippen molar-refractivity contribution in [1.82, 2.24) is 9.29 Å². The number of aromatic nitrogens is 1. The maximum Gasteiger partial charge on any atom is 0.243 e. The van der Waals surface area contributed by atoms with Gasteiger partial charge in [0.1, 0.15) is 6.10 Å². The Balaban J connectivity index is 1.76. The van der Waals surface area contributed by atoms with E-state index < -0.39 is 10.0 Å². The molecule has 0 radical (unpaired) electrons. The SMILES string of the molecule is Cc1ccc(C)c(S(=O)(=O)N2CCC(Oc3ccccn3)C2)c1. The Labute approximate surface area is 137 Å². The molecule has 0 saturated carbocycles. The van der Waals surface area contributed by atoms with E-state index in [4.69, 9.17) is 4.74 Å². The highest BCUT2D eigenvalue weighted by atomic mass is 32.2. The second-order valence-electron chi connectivity index (χ2n) is 5.83. The zero-order valence-electron chi connectivity index (χ0n) is 13.3. The predicted octanol–water partition coefficient (Wildman–Crippen LogP) is 2.54. The molecule has 2 heterocycles. The molecule has 1 unspecified atom stereocenters. The third kappa shape index (κ3) is 3.38. The number of aryl methyl sites for hydroxylation is 2. The topological polar surface area (TPSA) is 59.5 Å². The molecule has 122 valence electrons. The lowest BCUT2D eigenvalue weighted by Crippen LogP contribution is -2.31. The van der Waals surface area contributed by atoms with Crippen LogP contribution in [0.15, 0.2) is 47.5 Å². The molecular weight excluding hydrogens is 312 g/mol. The molecule has 0 aliphatic carbocycles. The van der Waals surface area contributed by atoms with Crippen LogP contribution in [0, 0.1) is 13.8 Å². The molecule has 0 spiro atoms. The summed E-state index contributed by atoms with van der Waals surface area (Å²) >= 11 is 0. The summed E-state index contributed by atoms with van der Waals surface area (Å²) in [5.74, 6) is 0.531. The molecular formula is C17H20N2O3S. The number of pyridine rings is 1. The molecule has 6 heteroatoms. The first kappa shape index (κ1) is 16.0. The molecule has 0 N–H and O–H groups in total. The highest BCUT2D eigenvalue weighted by Gasteiger charge is 2.34. The fourth-order valence-electron chi connectivity index (χ4n) is 2.72. The van der Waals surface area contributed by atoms with E-state index in [0.29, 0.717) is 30.3 Å². The molecule has 2 aromatic rings. The average molecular weight is 332 g/mol. The van der Waals surface area contributed by atoms with Crippen LogP contribution in [0.25, 0.3) is 0 Å². The Morgan fingerprint density at radius 3 is 2.78 bits per heavy atom. The minimum atomic E-state index is -3.48. The van der Waals surface area contributed by atoms with Gasteiger partial charge in [0.25, 0.3) is 0 Å². The summed E-state index contributed by atoms with van der Waals surface area (Å²) in [6.45, 7) is 4.54. The van der Waals surface area contributed by atoms with Gasteiger partial charge in [0.2, 0.25) is 15.9 Å². The lowest BCUT2D eigenvalue weighted by Gasteiger charge is -2.18.